The molecule has 1 saturated heterocycles. The molecule has 174 valence electrons. The molecular formula is C21H26F3N5O3. The van der Waals surface area contributed by atoms with Gasteiger partial charge in [0.15, 0.2) is 0 Å². The fraction of sp³-hybridized carbons (Fsp3) is 0.571. The van der Waals surface area contributed by atoms with Crippen molar-refractivity contribution in [1.82, 2.24) is 15.0 Å². The molecule has 0 bridgehead atoms. The SMILES string of the molecule is N/C(=N\O)N1CCCC1c1nc(-c2ccc(OCC3CCCCC3)c(C(F)(F)F)c2)no1. The molecule has 1 saturated carbocycles. The molecule has 2 aliphatic rings. The quantitative estimate of drug-likeness (QED) is 0.296. The van der Waals surface area contributed by atoms with Crippen LogP contribution in [0.15, 0.2) is 27.9 Å². The van der Waals surface area contributed by atoms with Crippen LogP contribution in [0.1, 0.15) is 62.4 Å². The predicted octanol–water partition coefficient (Wildman–Crippen LogP) is 4.56. The van der Waals surface area contributed by atoms with Gasteiger partial charge in [-0.1, -0.05) is 29.6 Å². The Morgan fingerprint density at radius 2 is 2.00 bits per heavy atom. The van der Waals surface area contributed by atoms with Crippen molar-refractivity contribution in [3.63, 3.8) is 0 Å². The van der Waals surface area contributed by atoms with E-state index in [-0.39, 0.29) is 41.5 Å². The Labute approximate surface area is 183 Å². The van der Waals surface area contributed by atoms with Crippen molar-refractivity contribution in [2.45, 2.75) is 57.2 Å². The van der Waals surface area contributed by atoms with Crippen molar-refractivity contribution in [1.29, 1.82) is 0 Å². The second-order valence-corrected chi connectivity index (χ2v) is 8.29. The molecule has 0 amide bonds. The topological polar surface area (TPSA) is 110 Å². The van der Waals surface area contributed by atoms with Gasteiger partial charge in [0, 0.05) is 12.1 Å². The van der Waals surface area contributed by atoms with Gasteiger partial charge in [0.05, 0.1) is 12.2 Å². The van der Waals surface area contributed by atoms with Crippen LogP contribution in [0, 0.1) is 5.92 Å². The Morgan fingerprint density at radius 1 is 1.22 bits per heavy atom. The third kappa shape index (κ3) is 4.76. The molecule has 1 atom stereocenters. The number of benzene rings is 1. The summed E-state index contributed by atoms with van der Waals surface area (Å²) in [5.41, 5.74) is 5.00. The summed E-state index contributed by atoms with van der Waals surface area (Å²) in [5, 5.41) is 15.8. The number of hydrogen-bond donors (Lipinski definition) is 2. The molecule has 0 radical (unpaired) electrons. The molecule has 1 unspecified atom stereocenters. The highest BCUT2D eigenvalue weighted by Crippen LogP contribution is 2.39. The lowest BCUT2D eigenvalue weighted by molar-refractivity contribution is -0.139. The van der Waals surface area contributed by atoms with Crippen LogP contribution < -0.4 is 10.5 Å². The van der Waals surface area contributed by atoms with Gasteiger partial charge < -0.3 is 25.1 Å². The first-order valence-corrected chi connectivity index (χ1v) is 10.8. The highest BCUT2D eigenvalue weighted by molar-refractivity contribution is 5.78. The van der Waals surface area contributed by atoms with E-state index in [4.69, 9.17) is 20.2 Å². The fourth-order valence-corrected chi connectivity index (χ4v) is 4.42. The minimum Gasteiger partial charge on any atom is -0.493 e. The van der Waals surface area contributed by atoms with Crippen LogP contribution in [0.5, 0.6) is 5.75 Å². The third-order valence-electron chi connectivity index (χ3n) is 6.12. The highest BCUT2D eigenvalue weighted by Gasteiger charge is 2.36. The van der Waals surface area contributed by atoms with Crippen molar-refractivity contribution >= 4 is 5.96 Å². The van der Waals surface area contributed by atoms with E-state index in [0.29, 0.717) is 13.0 Å². The second-order valence-electron chi connectivity index (χ2n) is 8.29. The summed E-state index contributed by atoms with van der Waals surface area (Å²) in [7, 11) is 0. The van der Waals surface area contributed by atoms with E-state index in [9.17, 15) is 13.2 Å². The van der Waals surface area contributed by atoms with Crippen molar-refractivity contribution in [2.24, 2.45) is 16.8 Å². The van der Waals surface area contributed by atoms with Crippen molar-refractivity contribution < 1.29 is 27.6 Å². The van der Waals surface area contributed by atoms with E-state index in [1.54, 1.807) is 4.90 Å². The molecular weight excluding hydrogens is 427 g/mol. The molecule has 1 aliphatic carbocycles. The lowest BCUT2D eigenvalue weighted by Gasteiger charge is -2.23. The zero-order chi connectivity index (χ0) is 22.7. The number of ether oxygens (including phenoxy) is 1. The number of nitrogens with two attached hydrogens (primary N) is 1. The normalized spacial score (nSPS) is 20.7. The van der Waals surface area contributed by atoms with Gasteiger partial charge in [0.25, 0.3) is 0 Å². The van der Waals surface area contributed by atoms with Crippen molar-refractivity contribution in [3.8, 4) is 17.1 Å². The van der Waals surface area contributed by atoms with E-state index in [1.807, 2.05) is 0 Å². The van der Waals surface area contributed by atoms with Gasteiger partial charge in [0.1, 0.15) is 11.8 Å². The van der Waals surface area contributed by atoms with E-state index in [1.165, 1.54) is 18.6 Å². The zero-order valence-electron chi connectivity index (χ0n) is 17.5. The molecule has 2 fully saturated rings. The first-order valence-electron chi connectivity index (χ1n) is 10.8. The van der Waals surface area contributed by atoms with E-state index in [2.05, 4.69) is 15.3 Å². The maximum atomic E-state index is 13.7. The largest absolute Gasteiger partial charge is 0.493 e. The zero-order valence-corrected chi connectivity index (χ0v) is 17.5. The summed E-state index contributed by atoms with van der Waals surface area (Å²) in [5.74, 6) is 0.259. The molecule has 3 N–H and O–H groups in total. The van der Waals surface area contributed by atoms with Crippen LogP contribution in [0.4, 0.5) is 13.2 Å². The maximum absolute atomic E-state index is 13.7. The lowest BCUT2D eigenvalue weighted by atomic mass is 9.90. The fourth-order valence-electron chi connectivity index (χ4n) is 4.42. The number of halogens is 3. The van der Waals surface area contributed by atoms with Crippen LogP contribution in [-0.2, 0) is 6.18 Å². The van der Waals surface area contributed by atoms with Gasteiger partial charge in [-0.25, -0.2) is 0 Å². The summed E-state index contributed by atoms with van der Waals surface area (Å²) in [6.45, 7) is 0.823. The number of rotatable bonds is 5. The van der Waals surface area contributed by atoms with Gasteiger partial charge in [0.2, 0.25) is 17.7 Å². The third-order valence-corrected chi connectivity index (χ3v) is 6.12. The Morgan fingerprint density at radius 3 is 2.72 bits per heavy atom. The van der Waals surface area contributed by atoms with E-state index in [0.717, 1.165) is 38.2 Å². The minimum atomic E-state index is -4.58. The van der Waals surface area contributed by atoms with Crippen LogP contribution >= 0.6 is 0 Å². The number of guanidine groups is 1. The van der Waals surface area contributed by atoms with E-state index >= 15 is 0 Å². The summed E-state index contributed by atoms with van der Waals surface area (Å²) >= 11 is 0. The molecule has 1 aromatic carbocycles. The maximum Gasteiger partial charge on any atom is 0.419 e. The Balaban J connectivity index is 1.55. The molecule has 32 heavy (non-hydrogen) atoms. The average molecular weight is 453 g/mol. The van der Waals surface area contributed by atoms with Crippen LogP contribution in [-0.4, -0.2) is 39.4 Å². The average Bonchev–Trinajstić information content (AvgIpc) is 3.47. The first kappa shape index (κ1) is 22.2. The summed E-state index contributed by atoms with van der Waals surface area (Å²) in [6, 6.07) is 3.40. The standard InChI is InChI=1S/C21H26F3N5O3/c22-21(23,24)15-11-14(8-9-17(15)31-12-13-5-2-1-3-6-13)18-26-19(32-28-18)16-7-4-10-29(16)20(25)27-30/h8-9,11,13,16,30H,1-7,10,12H2,(H2,25,27). The number of likely N-dealkylation sites (tertiary alicyclic amines) is 1. The highest BCUT2D eigenvalue weighted by atomic mass is 19.4. The van der Waals surface area contributed by atoms with Crippen LogP contribution in [0.3, 0.4) is 0 Å². The van der Waals surface area contributed by atoms with Crippen LogP contribution in [0.2, 0.25) is 0 Å². The van der Waals surface area contributed by atoms with Crippen molar-refractivity contribution in [3.05, 3.63) is 29.7 Å². The minimum absolute atomic E-state index is 0.0377. The van der Waals surface area contributed by atoms with Gasteiger partial charge in [-0.2, -0.15) is 18.2 Å². The Kier molecular flexibility index (Phi) is 6.43. The smallest absolute Gasteiger partial charge is 0.419 e. The second kappa shape index (κ2) is 9.25. The van der Waals surface area contributed by atoms with Gasteiger partial charge in [-0.05, 0) is 49.8 Å². The first-order chi connectivity index (χ1) is 15.4. The Hall–Kier alpha value is -2.98. The van der Waals surface area contributed by atoms with Gasteiger partial charge in [-0.15, -0.1) is 0 Å². The predicted molar refractivity (Wildman–Crippen MR) is 109 cm³/mol. The molecule has 2 aromatic rings. The van der Waals surface area contributed by atoms with Gasteiger partial charge in [-0.3, -0.25) is 0 Å². The molecule has 1 aliphatic heterocycles. The summed E-state index contributed by atoms with van der Waals surface area (Å²) < 4.78 is 52.1. The van der Waals surface area contributed by atoms with Gasteiger partial charge >= 0.3 is 6.18 Å². The Bertz CT molecular complexity index is 956. The monoisotopic (exact) mass is 453 g/mol. The van der Waals surface area contributed by atoms with Crippen LogP contribution in [0.25, 0.3) is 11.4 Å². The summed E-state index contributed by atoms with van der Waals surface area (Å²) in [4.78, 5) is 5.89. The summed E-state index contributed by atoms with van der Waals surface area (Å²) in [6.07, 6.45) is 2.14. The molecule has 1 aromatic heterocycles. The number of hydrogen-bond acceptors (Lipinski definition) is 6. The molecule has 8 nitrogen and oxygen atoms in total. The molecule has 0 spiro atoms. The van der Waals surface area contributed by atoms with E-state index < -0.39 is 17.8 Å². The number of alkyl halides is 3. The van der Waals surface area contributed by atoms with Crippen molar-refractivity contribution in [2.75, 3.05) is 13.2 Å². The molecule has 11 heteroatoms. The molecule has 2 heterocycles. The number of aromatic nitrogens is 2. The number of oxime groups is 1. The lowest BCUT2D eigenvalue weighted by Crippen LogP contribution is -2.36. The molecule has 4 rings (SSSR count). The number of nitrogens with zero attached hydrogens (tertiary/aromatic N) is 4.